The quantitative estimate of drug-likeness (QED) is 0.0930. The number of carbonyl (C=O) groups excluding carboxylic acids is 8. The molecule has 0 radical (unpaired) electrons. The molecule has 0 aromatic heterocycles. The van der Waals surface area contributed by atoms with Crippen LogP contribution in [0.5, 0.6) is 5.75 Å². The molecule has 19 heteroatoms. The molecule has 7 amide bonds. The molecule has 0 bridgehead atoms. The lowest BCUT2D eigenvalue weighted by molar-refractivity contribution is -0.156. The van der Waals surface area contributed by atoms with Crippen LogP contribution in [0.2, 0.25) is 0 Å². The Morgan fingerprint density at radius 2 is 1.46 bits per heavy atom. The summed E-state index contributed by atoms with van der Waals surface area (Å²) in [5.74, 6) is -8.93. The van der Waals surface area contributed by atoms with Gasteiger partial charge in [-0.15, -0.1) is 0 Å². The molecule has 1 saturated heterocycles. The monoisotopic (exact) mass is 875 g/mol. The van der Waals surface area contributed by atoms with Crippen LogP contribution in [-0.2, 0) is 60.7 Å². The standard InChI is InChI=1S/C44H57N7O12/c1-8-24(5)37(55)50-35(23(3)4)42(60)48-32(21-28-15-17-29(52)18-16-28)41(59)51-36-26(7)63-44(62)33(22-27-13-11-10-12-14-27)49-40(58)31(19-20-34(53)54)47-39(57)30(9-2)46-38(56)25(6)45-43(36)61/h8-18,23,25-26,31-33,35-36,52H,19-22H2,1-7H3,(H,45,61)(H,46,56)(H,47,57)(H,48,60)(H,49,58)(H,50,55)(H,51,59)(H,53,54). The molecule has 340 valence electrons. The number of amides is 7. The number of rotatable bonds is 14. The van der Waals surface area contributed by atoms with E-state index in [-0.39, 0.29) is 24.3 Å². The predicted octanol–water partition coefficient (Wildman–Crippen LogP) is 0.558. The zero-order valence-electron chi connectivity index (χ0n) is 36.3. The van der Waals surface area contributed by atoms with Crippen molar-refractivity contribution in [2.24, 2.45) is 5.92 Å². The Labute approximate surface area is 365 Å². The van der Waals surface area contributed by atoms with E-state index in [4.69, 9.17) is 4.74 Å². The lowest BCUT2D eigenvalue weighted by Gasteiger charge is -2.30. The Morgan fingerprint density at radius 3 is 2.05 bits per heavy atom. The molecule has 0 saturated carbocycles. The van der Waals surface area contributed by atoms with Crippen molar-refractivity contribution in [2.75, 3.05) is 0 Å². The van der Waals surface area contributed by atoms with Crippen LogP contribution < -0.4 is 37.2 Å². The number of aromatic hydroxyl groups is 1. The molecule has 2 aromatic carbocycles. The van der Waals surface area contributed by atoms with Gasteiger partial charge in [0.2, 0.25) is 35.4 Å². The lowest BCUT2D eigenvalue weighted by atomic mass is 10.00. The van der Waals surface area contributed by atoms with Gasteiger partial charge in [-0.2, -0.15) is 0 Å². The summed E-state index contributed by atoms with van der Waals surface area (Å²) in [6, 6.07) is 5.51. The van der Waals surface area contributed by atoms with E-state index in [2.05, 4.69) is 37.2 Å². The van der Waals surface area contributed by atoms with Gasteiger partial charge in [-0.1, -0.05) is 68.5 Å². The Morgan fingerprint density at radius 1 is 0.810 bits per heavy atom. The Balaban J connectivity index is 2.09. The number of hydrogen-bond donors (Lipinski definition) is 9. The molecule has 1 fully saturated rings. The van der Waals surface area contributed by atoms with Gasteiger partial charge < -0.3 is 52.2 Å². The van der Waals surface area contributed by atoms with Gasteiger partial charge >= 0.3 is 11.9 Å². The number of carbonyl (C=O) groups is 9. The number of carboxylic acids is 1. The number of esters is 1. The number of phenols is 1. The van der Waals surface area contributed by atoms with Crippen LogP contribution in [-0.4, -0.2) is 106 Å². The van der Waals surface area contributed by atoms with Crippen LogP contribution in [0.15, 0.2) is 78.0 Å². The fraction of sp³-hybridized carbons (Fsp3) is 0.432. The number of allylic oxidation sites excluding steroid dienone is 2. The first-order valence-corrected chi connectivity index (χ1v) is 20.4. The van der Waals surface area contributed by atoms with Crippen molar-refractivity contribution in [1.29, 1.82) is 0 Å². The van der Waals surface area contributed by atoms with Crippen molar-refractivity contribution in [3.63, 3.8) is 0 Å². The summed E-state index contributed by atoms with van der Waals surface area (Å²) in [5, 5.41) is 36.9. The Bertz CT molecular complexity index is 2070. The SMILES string of the molecule is CC=C(C)C(=O)NC(C(=O)NC(Cc1ccc(O)cc1)C(=O)NC1C(=O)NC(C)C(=O)NC(=CC)C(=O)NC(CCC(=O)O)C(=O)NC(Cc2ccccc2)C(=O)OC1C)C(C)C. The molecule has 63 heavy (non-hydrogen) atoms. The van der Waals surface area contributed by atoms with E-state index >= 15 is 0 Å². The van der Waals surface area contributed by atoms with Gasteiger partial charge in [0.1, 0.15) is 53.8 Å². The highest BCUT2D eigenvalue weighted by atomic mass is 16.5. The summed E-state index contributed by atoms with van der Waals surface area (Å²) in [5.41, 5.74) is 1.04. The minimum atomic E-state index is -1.76. The maximum atomic E-state index is 14.4. The summed E-state index contributed by atoms with van der Waals surface area (Å²) in [7, 11) is 0. The molecule has 1 heterocycles. The van der Waals surface area contributed by atoms with E-state index in [0.717, 1.165) is 0 Å². The second kappa shape index (κ2) is 23.8. The van der Waals surface area contributed by atoms with Gasteiger partial charge in [0.25, 0.3) is 5.91 Å². The third-order valence-corrected chi connectivity index (χ3v) is 10.1. The average molecular weight is 876 g/mol. The number of aliphatic carboxylic acids is 1. The number of benzene rings is 2. The lowest BCUT2D eigenvalue weighted by Crippen LogP contribution is -2.62. The van der Waals surface area contributed by atoms with Crippen molar-refractivity contribution in [3.8, 4) is 5.75 Å². The van der Waals surface area contributed by atoms with E-state index in [9.17, 15) is 53.4 Å². The molecule has 19 nitrogen and oxygen atoms in total. The normalized spacial score (nSPS) is 22.0. The number of phenolic OH excluding ortho intramolecular Hbond substituents is 1. The third kappa shape index (κ3) is 15.4. The molecule has 3 rings (SSSR count). The third-order valence-electron chi connectivity index (χ3n) is 10.1. The first-order chi connectivity index (χ1) is 29.7. The molecule has 2 aromatic rings. The highest BCUT2D eigenvalue weighted by Crippen LogP contribution is 2.15. The van der Waals surface area contributed by atoms with Gasteiger partial charge in [-0.25, -0.2) is 4.79 Å². The van der Waals surface area contributed by atoms with Crippen LogP contribution in [0, 0.1) is 5.92 Å². The number of nitrogens with one attached hydrogen (secondary N) is 7. The van der Waals surface area contributed by atoms with Crippen molar-refractivity contribution < 1.29 is 58.1 Å². The van der Waals surface area contributed by atoms with Gasteiger partial charge in [-0.05, 0) is 70.2 Å². The highest BCUT2D eigenvalue weighted by molar-refractivity contribution is 6.02. The summed E-state index contributed by atoms with van der Waals surface area (Å²) in [6.07, 6.45) is -0.0327. The van der Waals surface area contributed by atoms with Crippen molar-refractivity contribution in [3.05, 3.63) is 89.1 Å². The molecular weight excluding hydrogens is 819 g/mol. The zero-order chi connectivity index (χ0) is 47.0. The summed E-state index contributed by atoms with van der Waals surface area (Å²) in [4.78, 5) is 121. The van der Waals surface area contributed by atoms with E-state index in [1.54, 1.807) is 64.1 Å². The molecule has 0 spiro atoms. The topological polar surface area (TPSA) is 288 Å². The number of ether oxygens (including phenoxy) is 1. The fourth-order valence-electron chi connectivity index (χ4n) is 6.20. The number of carboxylic acid groups (broad SMARTS) is 1. The van der Waals surface area contributed by atoms with Gasteiger partial charge in [0.15, 0.2) is 0 Å². The molecule has 7 atom stereocenters. The smallest absolute Gasteiger partial charge is 0.329 e. The molecule has 1 aliphatic rings. The highest BCUT2D eigenvalue weighted by Gasteiger charge is 2.38. The number of hydrogen-bond acceptors (Lipinski definition) is 11. The van der Waals surface area contributed by atoms with Crippen molar-refractivity contribution in [2.45, 2.75) is 117 Å². The molecule has 9 N–H and O–H groups in total. The molecule has 0 aliphatic carbocycles. The molecule has 1 aliphatic heterocycles. The maximum Gasteiger partial charge on any atom is 0.329 e. The van der Waals surface area contributed by atoms with Gasteiger partial charge in [-0.3, -0.25) is 38.4 Å². The fourth-order valence-corrected chi connectivity index (χ4v) is 6.20. The molecular formula is C44H57N7O12. The second-order valence-electron chi connectivity index (χ2n) is 15.4. The Hall–Kier alpha value is -7.05. The van der Waals surface area contributed by atoms with Crippen LogP contribution in [0.25, 0.3) is 0 Å². The van der Waals surface area contributed by atoms with Crippen LogP contribution in [0.1, 0.15) is 72.4 Å². The van der Waals surface area contributed by atoms with E-state index < -0.39 is 114 Å². The maximum absolute atomic E-state index is 14.4. The van der Waals surface area contributed by atoms with E-state index in [0.29, 0.717) is 16.7 Å². The summed E-state index contributed by atoms with van der Waals surface area (Å²) in [6.45, 7) is 10.6. The minimum absolute atomic E-state index is 0.0676. The first kappa shape index (κ1) is 50.3. The summed E-state index contributed by atoms with van der Waals surface area (Å²) >= 11 is 0. The first-order valence-electron chi connectivity index (χ1n) is 20.4. The Kier molecular flexibility index (Phi) is 19.0. The van der Waals surface area contributed by atoms with E-state index in [1.165, 1.54) is 51.1 Å². The zero-order valence-corrected chi connectivity index (χ0v) is 36.3. The van der Waals surface area contributed by atoms with Crippen molar-refractivity contribution >= 4 is 53.3 Å². The van der Waals surface area contributed by atoms with Crippen LogP contribution in [0.4, 0.5) is 0 Å². The second-order valence-corrected chi connectivity index (χ2v) is 15.4. The van der Waals surface area contributed by atoms with Gasteiger partial charge in [0.05, 0.1) is 0 Å². The largest absolute Gasteiger partial charge is 0.508 e. The van der Waals surface area contributed by atoms with E-state index in [1.807, 2.05) is 0 Å². The minimum Gasteiger partial charge on any atom is -0.508 e. The van der Waals surface area contributed by atoms with Crippen LogP contribution >= 0.6 is 0 Å². The molecule has 7 unspecified atom stereocenters. The predicted molar refractivity (Wildman–Crippen MR) is 228 cm³/mol. The van der Waals surface area contributed by atoms with Crippen LogP contribution in [0.3, 0.4) is 0 Å². The van der Waals surface area contributed by atoms with Gasteiger partial charge in [0, 0.05) is 24.8 Å². The van der Waals surface area contributed by atoms with Crippen molar-refractivity contribution in [1.82, 2.24) is 37.2 Å². The average Bonchev–Trinajstić information content (AvgIpc) is 3.24. The number of cyclic esters (lactones) is 1. The summed E-state index contributed by atoms with van der Waals surface area (Å²) < 4.78 is 5.77.